The number of nitrogens with one attached hydrogen (secondary N) is 1. The van der Waals surface area contributed by atoms with Crippen molar-refractivity contribution < 1.29 is 4.79 Å². The molecule has 108 valence electrons. The first-order chi connectivity index (χ1) is 9.70. The van der Waals surface area contributed by atoms with Crippen LogP contribution in [0.1, 0.15) is 36.0 Å². The van der Waals surface area contributed by atoms with E-state index in [1.165, 1.54) is 25.5 Å². The summed E-state index contributed by atoms with van der Waals surface area (Å²) in [5.74, 6) is 0.0436. The topological polar surface area (TPSA) is 45.2 Å². The van der Waals surface area contributed by atoms with Gasteiger partial charge in [0.25, 0.3) is 5.91 Å². The quantitative estimate of drug-likeness (QED) is 0.864. The fourth-order valence-electron chi connectivity index (χ4n) is 3.48. The summed E-state index contributed by atoms with van der Waals surface area (Å²) in [6, 6.07) is 1.71. The van der Waals surface area contributed by atoms with Gasteiger partial charge in [0, 0.05) is 37.4 Å². The Bertz CT molecular complexity index is 494. The van der Waals surface area contributed by atoms with Gasteiger partial charge < -0.3 is 10.2 Å². The van der Waals surface area contributed by atoms with Gasteiger partial charge >= 0.3 is 0 Å². The second-order valence-corrected chi connectivity index (χ2v) is 6.37. The minimum Gasteiger partial charge on any atom is -0.338 e. The van der Waals surface area contributed by atoms with E-state index in [0.29, 0.717) is 10.6 Å². The number of carbonyl (C=O) groups excluding carboxylic acids is 1. The van der Waals surface area contributed by atoms with Crippen molar-refractivity contribution >= 4 is 17.5 Å². The minimum atomic E-state index is 0.0436. The van der Waals surface area contributed by atoms with E-state index in [0.717, 1.165) is 32.6 Å². The number of aromatic nitrogens is 1. The maximum Gasteiger partial charge on any atom is 0.255 e. The van der Waals surface area contributed by atoms with Gasteiger partial charge in [-0.05, 0) is 38.3 Å². The van der Waals surface area contributed by atoms with Crippen LogP contribution in [0.4, 0.5) is 0 Å². The van der Waals surface area contributed by atoms with Crippen molar-refractivity contribution in [2.75, 3.05) is 26.2 Å². The molecule has 5 heteroatoms. The van der Waals surface area contributed by atoms with Crippen molar-refractivity contribution in [3.63, 3.8) is 0 Å². The lowest BCUT2D eigenvalue weighted by Gasteiger charge is -2.45. The maximum absolute atomic E-state index is 12.6. The van der Waals surface area contributed by atoms with Crippen LogP contribution < -0.4 is 5.32 Å². The minimum absolute atomic E-state index is 0.0436. The molecular weight excluding hydrogens is 274 g/mol. The van der Waals surface area contributed by atoms with Crippen molar-refractivity contribution in [2.24, 2.45) is 5.41 Å². The molecule has 2 aliphatic rings. The molecule has 0 radical (unpaired) electrons. The van der Waals surface area contributed by atoms with E-state index in [1.54, 1.807) is 12.3 Å². The maximum atomic E-state index is 12.6. The fourth-order valence-corrected chi connectivity index (χ4v) is 3.68. The molecule has 0 saturated carbocycles. The molecule has 0 aromatic carbocycles. The molecule has 1 unspecified atom stereocenters. The Morgan fingerprint density at radius 1 is 1.40 bits per heavy atom. The number of carbonyl (C=O) groups is 1. The average molecular weight is 294 g/mol. The Balaban J connectivity index is 1.77. The van der Waals surface area contributed by atoms with Gasteiger partial charge in [-0.2, -0.15) is 0 Å². The number of likely N-dealkylation sites (tertiary alicyclic amines) is 1. The van der Waals surface area contributed by atoms with E-state index in [4.69, 9.17) is 11.6 Å². The first kappa shape index (κ1) is 13.8. The summed E-state index contributed by atoms with van der Waals surface area (Å²) in [4.78, 5) is 18.6. The smallest absolute Gasteiger partial charge is 0.255 e. The Morgan fingerprint density at radius 3 is 3.00 bits per heavy atom. The van der Waals surface area contributed by atoms with Gasteiger partial charge in [0.05, 0.1) is 10.6 Å². The van der Waals surface area contributed by atoms with Crippen LogP contribution in [0.5, 0.6) is 0 Å². The van der Waals surface area contributed by atoms with Crippen molar-refractivity contribution in [3.8, 4) is 0 Å². The summed E-state index contributed by atoms with van der Waals surface area (Å²) in [6.45, 7) is 3.81. The number of rotatable bonds is 1. The molecule has 1 atom stereocenters. The van der Waals surface area contributed by atoms with E-state index in [-0.39, 0.29) is 11.3 Å². The van der Waals surface area contributed by atoms with E-state index in [9.17, 15) is 4.79 Å². The Kier molecular flexibility index (Phi) is 3.94. The standard InChI is InChI=1S/C15H20ClN3O/c16-13-9-17-7-3-12(13)14(20)19-8-2-5-15(11-19)4-1-6-18-10-15/h3,7,9,18H,1-2,4-6,8,10-11H2. The molecule has 2 saturated heterocycles. The fraction of sp³-hybridized carbons (Fsp3) is 0.600. The number of nitrogens with zero attached hydrogens (tertiary/aromatic N) is 2. The van der Waals surface area contributed by atoms with Crippen LogP contribution in [0.2, 0.25) is 5.02 Å². The molecule has 1 aromatic heterocycles. The number of piperidine rings is 2. The normalized spacial score (nSPS) is 26.8. The summed E-state index contributed by atoms with van der Waals surface area (Å²) in [6.07, 6.45) is 7.88. The summed E-state index contributed by atoms with van der Waals surface area (Å²) >= 11 is 6.09. The zero-order chi connectivity index (χ0) is 14.0. The highest BCUT2D eigenvalue weighted by Crippen LogP contribution is 2.36. The van der Waals surface area contributed by atoms with Gasteiger partial charge in [-0.25, -0.2) is 0 Å². The molecule has 3 heterocycles. The predicted octanol–water partition coefficient (Wildman–Crippen LogP) is 2.34. The van der Waals surface area contributed by atoms with Crippen LogP contribution in [0.3, 0.4) is 0 Å². The molecule has 1 amide bonds. The van der Waals surface area contributed by atoms with Crippen molar-refractivity contribution in [1.29, 1.82) is 0 Å². The summed E-state index contributed by atoms with van der Waals surface area (Å²) in [5, 5.41) is 3.93. The first-order valence-electron chi connectivity index (χ1n) is 7.30. The van der Waals surface area contributed by atoms with Crippen molar-refractivity contribution in [1.82, 2.24) is 15.2 Å². The highest BCUT2D eigenvalue weighted by atomic mass is 35.5. The highest BCUT2D eigenvalue weighted by Gasteiger charge is 2.38. The number of hydrogen-bond donors (Lipinski definition) is 1. The van der Waals surface area contributed by atoms with E-state index in [1.807, 2.05) is 4.90 Å². The predicted molar refractivity (Wildman–Crippen MR) is 78.9 cm³/mol. The zero-order valence-corrected chi connectivity index (χ0v) is 12.3. The second kappa shape index (κ2) is 5.70. The van der Waals surface area contributed by atoms with Gasteiger partial charge in [-0.15, -0.1) is 0 Å². The lowest BCUT2D eigenvalue weighted by Crippen LogP contribution is -2.52. The van der Waals surface area contributed by atoms with Gasteiger partial charge in [0.2, 0.25) is 0 Å². The number of halogens is 1. The first-order valence-corrected chi connectivity index (χ1v) is 7.68. The molecule has 3 rings (SSSR count). The third-order valence-electron chi connectivity index (χ3n) is 4.51. The van der Waals surface area contributed by atoms with E-state index < -0.39 is 0 Å². The average Bonchev–Trinajstić information content (AvgIpc) is 2.48. The summed E-state index contributed by atoms with van der Waals surface area (Å²) in [7, 11) is 0. The van der Waals surface area contributed by atoms with Crippen LogP contribution in [-0.4, -0.2) is 42.0 Å². The zero-order valence-electron chi connectivity index (χ0n) is 11.6. The van der Waals surface area contributed by atoms with E-state index >= 15 is 0 Å². The lowest BCUT2D eigenvalue weighted by molar-refractivity contribution is 0.0434. The highest BCUT2D eigenvalue weighted by molar-refractivity contribution is 6.33. The van der Waals surface area contributed by atoms with Crippen LogP contribution >= 0.6 is 11.6 Å². The second-order valence-electron chi connectivity index (χ2n) is 5.97. The molecular formula is C15H20ClN3O. The Labute approximate surface area is 124 Å². The Hall–Kier alpha value is -1.13. The third kappa shape index (κ3) is 2.67. The van der Waals surface area contributed by atoms with Crippen molar-refractivity contribution in [2.45, 2.75) is 25.7 Å². The molecule has 2 fully saturated rings. The van der Waals surface area contributed by atoms with Gasteiger partial charge in [0.15, 0.2) is 0 Å². The molecule has 0 aliphatic carbocycles. The van der Waals surface area contributed by atoms with Crippen LogP contribution in [0.25, 0.3) is 0 Å². The van der Waals surface area contributed by atoms with Crippen LogP contribution in [0.15, 0.2) is 18.5 Å². The molecule has 20 heavy (non-hydrogen) atoms. The van der Waals surface area contributed by atoms with Gasteiger partial charge in [-0.1, -0.05) is 11.6 Å². The van der Waals surface area contributed by atoms with Crippen LogP contribution in [0, 0.1) is 5.41 Å². The lowest BCUT2D eigenvalue weighted by atomic mass is 9.74. The molecule has 1 spiro atoms. The molecule has 2 aliphatic heterocycles. The third-order valence-corrected chi connectivity index (χ3v) is 4.81. The van der Waals surface area contributed by atoms with Crippen molar-refractivity contribution in [3.05, 3.63) is 29.0 Å². The number of amides is 1. The molecule has 1 aromatic rings. The summed E-state index contributed by atoms with van der Waals surface area (Å²) < 4.78 is 0. The molecule has 4 nitrogen and oxygen atoms in total. The largest absolute Gasteiger partial charge is 0.338 e. The molecule has 0 bridgehead atoms. The SMILES string of the molecule is O=C(c1ccncc1Cl)N1CCCC2(CCCNC2)C1. The number of pyridine rings is 1. The summed E-state index contributed by atoms with van der Waals surface area (Å²) in [5.41, 5.74) is 0.841. The monoisotopic (exact) mass is 293 g/mol. The van der Waals surface area contributed by atoms with Crippen LogP contribution in [-0.2, 0) is 0 Å². The Morgan fingerprint density at radius 2 is 2.25 bits per heavy atom. The van der Waals surface area contributed by atoms with Gasteiger partial charge in [0.1, 0.15) is 0 Å². The van der Waals surface area contributed by atoms with Gasteiger partial charge in [-0.3, -0.25) is 9.78 Å². The number of hydrogen-bond acceptors (Lipinski definition) is 3. The molecule has 1 N–H and O–H groups in total. The van der Waals surface area contributed by atoms with E-state index in [2.05, 4.69) is 10.3 Å².